The Bertz CT molecular complexity index is 12.3. The van der Waals surface area contributed by atoms with Gasteiger partial charge in [0, 0.05) is 0 Å². The van der Waals surface area contributed by atoms with Gasteiger partial charge in [-0.2, -0.15) is 0 Å². The molecule has 0 aliphatic heterocycles. The molecule has 0 aliphatic carbocycles. The molecule has 0 rings (SSSR count). The topological polar surface area (TPSA) is 101 Å². The van der Waals surface area contributed by atoms with Crippen LogP contribution in [0.4, 0.5) is 0 Å². The molecular formula is H2NiO4P. The van der Waals surface area contributed by atoms with Crippen molar-refractivity contribution in [1.82, 2.24) is 0 Å². The van der Waals surface area contributed by atoms with Crippen LogP contribution in [0.15, 0.2) is 0 Å². The van der Waals surface area contributed by atoms with Crippen molar-refractivity contribution in [3.8, 4) is 0 Å². The van der Waals surface area contributed by atoms with Crippen molar-refractivity contribution in [2.75, 3.05) is 0 Å². The van der Waals surface area contributed by atoms with Crippen molar-refractivity contribution in [2.45, 2.75) is 0 Å². The van der Waals surface area contributed by atoms with Gasteiger partial charge in [0.2, 0.25) is 0 Å². The van der Waals surface area contributed by atoms with Gasteiger partial charge in [-0.25, -0.2) is 0 Å². The van der Waals surface area contributed by atoms with Crippen molar-refractivity contribution in [1.29, 1.82) is 0 Å². The van der Waals surface area contributed by atoms with Gasteiger partial charge in [0.1, 0.15) is 0 Å². The summed E-state index contributed by atoms with van der Waals surface area (Å²) in [6.07, 6.45) is 0. The van der Waals surface area contributed by atoms with Gasteiger partial charge in [-0.15, -0.1) is 0 Å². The standard InChI is InChI=1S/Ni.O3P.H2O/c;1-4(2)3;/h;;1H2/q+3;-3;. The van der Waals surface area contributed by atoms with Crippen molar-refractivity contribution < 1.29 is 36.6 Å². The maximum Gasteiger partial charge on any atom is 3.00 e. The molecule has 0 saturated heterocycles. The normalized spacial score (nSPS) is 6.00. The SMILES string of the molecule is O.[Ni+3].[O-]P([O-])[O-]. The zero-order valence-corrected chi connectivity index (χ0v) is 4.37. The first-order chi connectivity index (χ1) is 1.73. The molecule has 6 heteroatoms. The third-order valence-electron chi connectivity index (χ3n) is 0. The van der Waals surface area contributed by atoms with Gasteiger partial charge in [0.05, 0.1) is 0 Å². The maximum atomic E-state index is 8.48. The van der Waals surface area contributed by atoms with Gasteiger partial charge >= 0.3 is 16.5 Å². The molecule has 0 fully saturated rings. The molecule has 0 atom stereocenters. The minimum atomic E-state index is -3.37. The Kier molecular flexibility index (Phi) is 24.4. The van der Waals surface area contributed by atoms with Crippen LogP contribution >= 0.6 is 8.60 Å². The van der Waals surface area contributed by atoms with Crippen LogP contribution in [0.3, 0.4) is 0 Å². The minimum Gasteiger partial charge on any atom is -0.854 e. The first kappa shape index (κ1) is 15.9. The van der Waals surface area contributed by atoms with Gasteiger partial charge in [-0.05, 0) is 0 Å². The molecule has 0 spiro atoms. The van der Waals surface area contributed by atoms with Crippen LogP contribution in [0.25, 0.3) is 0 Å². The van der Waals surface area contributed by atoms with Crippen LogP contribution in [0.2, 0.25) is 0 Å². The largest absolute Gasteiger partial charge is 3.00 e. The van der Waals surface area contributed by atoms with E-state index in [9.17, 15) is 0 Å². The first-order valence-electron chi connectivity index (χ1n) is 0.548. The molecule has 2 N–H and O–H groups in total. The molecule has 0 aromatic carbocycles. The van der Waals surface area contributed by atoms with E-state index in [1.165, 1.54) is 0 Å². The van der Waals surface area contributed by atoms with E-state index in [4.69, 9.17) is 14.7 Å². The summed E-state index contributed by atoms with van der Waals surface area (Å²) in [5.41, 5.74) is 0. The maximum absolute atomic E-state index is 8.48. The predicted octanol–water partition coefficient (Wildman–Crippen LogP) is -3.53. The van der Waals surface area contributed by atoms with Crippen LogP contribution < -0.4 is 14.7 Å². The molecule has 4 nitrogen and oxygen atoms in total. The second-order valence-electron chi connectivity index (χ2n) is 0.224. The molecule has 0 bridgehead atoms. The fourth-order valence-electron chi connectivity index (χ4n) is 0. The molecule has 0 amide bonds. The average molecular weight is 156 g/mol. The molecule has 0 unspecified atom stereocenters. The van der Waals surface area contributed by atoms with Crippen molar-refractivity contribution in [3.63, 3.8) is 0 Å². The summed E-state index contributed by atoms with van der Waals surface area (Å²) in [7, 11) is -3.37. The summed E-state index contributed by atoms with van der Waals surface area (Å²) in [6, 6.07) is 0. The number of hydrogen-bond acceptors (Lipinski definition) is 3. The Morgan fingerprint density at radius 3 is 1.00 bits per heavy atom. The first-order valence-corrected chi connectivity index (χ1v) is 1.64. The van der Waals surface area contributed by atoms with Crippen molar-refractivity contribution in [2.24, 2.45) is 0 Å². The Balaban J connectivity index is -0.0000000450. The summed E-state index contributed by atoms with van der Waals surface area (Å²) < 4.78 is 0. The van der Waals surface area contributed by atoms with Gasteiger partial charge in [0.15, 0.2) is 0 Å². The van der Waals surface area contributed by atoms with Gasteiger partial charge in [0.25, 0.3) is 0 Å². The minimum absolute atomic E-state index is 0. The molecule has 0 aliphatic rings. The van der Waals surface area contributed by atoms with Crippen LogP contribution in [-0.2, 0) is 16.5 Å². The summed E-state index contributed by atoms with van der Waals surface area (Å²) >= 11 is 0. The summed E-state index contributed by atoms with van der Waals surface area (Å²) in [6.45, 7) is 0. The average Bonchev–Trinajstić information content (AvgIpc) is 0.811. The van der Waals surface area contributed by atoms with Gasteiger partial charge in [-0.1, -0.05) is 0 Å². The van der Waals surface area contributed by atoms with E-state index in [1.807, 2.05) is 0 Å². The molecule has 0 aromatic heterocycles. The van der Waals surface area contributed by atoms with E-state index in [1.54, 1.807) is 0 Å². The van der Waals surface area contributed by atoms with E-state index in [0.717, 1.165) is 0 Å². The molecule has 0 heterocycles. The Morgan fingerprint density at radius 1 is 1.00 bits per heavy atom. The fraction of sp³-hybridized carbons (Fsp3) is 0. The van der Waals surface area contributed by atoms with Crippen LogP contribution in [0, 0.1) is 0 Å². The van der Waals surface area contributed by atoms with E-state index in [0.29, 0.717) is 0 Å². The fourth-order valence-corrected chi connectivity index (χ4v) is 0. The zero-order valence-electron chi connectivity index (χ0n) is 2.49. The second-order valence-corrected chi connectivity index (χ2v) is 0.671. The zero-order chi connectivity index (χ0) is 3.58. The van der Waals surface area contributed by atoms with Gasteiger partial charge < -0.3 is 28.8 Å². The quantitative estimate of drug-likeness (QED) is 0.268. The number of rotatable bonds is 0. The van der Waals surface area contributed by atoms with E-state index < -0.39 is 8.60 Å². The molecule has 1 radical (unpaired) electrons. The molecule has 0 aromatic rings. The molecule has 0 saturated carbocycles. The number of hydrogen-bond donors (Lipinski definition) is 0. The molecule has 41 valence electrons. The van der Waals surface area contributed by atoms with Crippen LogP contribution in [0.5, 0.6) is 0 Å². The third kappa shape index (κ3) is 116. The summed E-state index contributed by atoms with van der Waals surface area (Å²) in [4.78, 5) is 25.4. The van der Waals surface area contributed by atoms with Crippen molar-refractivity contribution in [3.05, 3.63) is 0 Å². The second kappa shape index (κ2) is 9.23. The Morgan fingerprint density at radius 2 is 1.00 bits per heavy atom. The van der Waals surface area contributed by atoms with Crippen LogP contribution in [0.1, 0.15) is 0 Å². The Hall–Kier alpha value is 0.764. The van der Waals surface area contributed by atoms with E-state index in [-0.39, 0.29) is 22.0 Å². The van der Waals surface area contributed by atoms with E-state index >= 15 is 0 Å². The summed E-state index contributed by atoms with van der Waals surface area (Å²) in [5.74, 6) is 0. The Labute approximate surface area is 46.0 Å². The van der Waals surface area contributed by atoms with Crippen molar-refractivity contribution >= 4 is 8.60 Å². The smallest absolute Gasteiger partial charge is 0.854 e. The molecular weight excluding hydrogens is 154 g/mol. The third-order valence-corrected chi connectivity index (χ3v) is 0. The van der Waals surface area contributed by atoms with Crippen LogP contribution in [-0.4, -0.2) is 5.48 Å². The van der Waals surface area contributed by atoms with Gasteiger partial charge in [-0.3, -0.25) is 0 Å². The monoisotopic (exact) mass is 155 g/mol. The predicted molar refractivity (Wildman–Crippen MR) is 10.5 cm³/mol. The molecule has 6 heavy (non-hydrogen) atoms. The summed E-state index contributed by atoms with van der Waals surface area (Å²) in [5, 5.41) is 0. The van der Waals surface area contributed by atoms with E-state index in [2.05, 4.69) is 0 Å².